The van der Waals surface area contributed by atoms with Crippen LogP contribution in [-0.2, 0) is 6.42 Å². The van der Waals surface area contributed by atoms with Gasteiger partial charge in [0, 0.05) is 33.3 Å². The van der Waals surface area contributed by atoms with Crippen molar-refractivity contribution in [2.24, 2.45) is 0 Å². The van der Waals surface area contributed by atoms with E-state index in [2.05, 4.69) is 75.6 Å². The number of hydrogen-bond donors (Lipinski definition) is 2. The Labute approximate surface area is 184 Å². The molecule has 2 amide bonds. The first-order valence-electron chi connectivity index (χ1n) is 10.1. The molecule has 2 N–H and O–H groups in total. The molecule has 2 heterocycles. The number of amides is 2. The summed E-state index contributed by atoms with van der Waals surface area (Å²) >= 11 is 3.47. The van der Waals surface area contributed by atoms with Crippen molar-refractivity contribution < 1.29 is 4.79 Å². The van der Waals surface area contributed by atoms with Gasteiger partial charge in [-0.05, 0) is 48.7 Å². The third-order valence-corrected chi connectivity index (χ3v) is 6.26. The van der Waals surface area contributed by atoms with Crippen molar-refractivity contribution >= 4 is 38.6 Å². The van der Waals surface area contributed by atoms with Crippen LogP contribution >= 0.6 is 15.9 Å². The van der Waals surface area contributed by atoms with Crippen molar-refractivity contribution in [3.63, 3.8) is 0 Å². The van der Waals surface area contributed by atoms with E-state index in [1.54, 1.807) is 0 Å². The van der Waals surface area contributed by atoms with E-state index < -0.39 is 0 Å². The number of rotatable bonds is 2. The minimum Gasteiger partial charge on any atom is -0.356 e. The second-order valence-corrected chi connectivity index (χ2v) is 8.68. The van der Waals surface area contributed by atoms with Crippen LogP contribution in [0.4, 0.5) is 10.5 Å². The number of carbonyl (C=O) groups excluding carboxylic acids is 1. The van der Waals surface area contributed by atoms with Gasteiger partial charge in [-0.3, -0.25) is 0 Å². The number of hydrogen-bond acceptors (Lipinski definition) is 1. The second kappa shape index (κ2) is 7.65. The van der Waals surface area contributed by atoms with E-state index in [9.17, 15) is 4.79 Å². The number of nitrogens with one attached hydrogen (secondary N) is 2. The highest BCUT2D eigenvalue weighted by molar-refractivity contribution is 9.10. The lowest BCUT2D eigenvalue weighted by Gasteiger charge is -2.36. The topological polar surface area (TPSA) is 48.1 Å². The van der Waals surface area contributed by atoms with Crippen LogP contribution in [0.25, 0.3) is 10.9 Å². The quantitative estimate of drug-likeness (QED) is 0.356. The molecule has 0 spiro atoms. The summed E-state index contributed by atoms with van der Waals surface area (Å²) in [7, 11) is 0. The van der Waals surface area contributed by atoms with Crippen molar-refractivity contribution in [3.8, 4) is 0 Å². The molecule has 0 saturated carbocycles. The van der Waals surface area contributed by atoms with Crippen LogP contribution in [0.3, 0.4) is 0 Å². The third-order valence-electron chi connectivity index (χ3n) is 5.76. The predicted molar refractivity (Wildman–Crippen MR) is 125 cm³/mol. The van der Waals surface area contributed by atoms with Gasteiger partial charge in [0.25, 0.3) is 0 Å². The molecular weight excluding hydrogens is 438 g/mol. The monoisotopic (exact) mass is 459 g/mol. The molecule has 1 aromatic heterocycles. The molecule has 0 saturated heterocycles. The number of urea groups is 1. The summed E-state index contributed by atoms with van der Waals surface area (Å²) < 4.78 is 0.937. The van der Waals surface area contributed by atoms with Crippen LogP contribution in [0, 0.1) is 6.92 Å². The van der Waals surface area contributed by atoms with Crippen LogP contribution < -0.4 is 5.32 Å². The van der Waals surface area contributed by atoms with Gasteiger partial charge < -0.3 is 15.2 Å². The van der Waals surface area contributed by atoms with E-state index in [0.717, 1.165) is 33.4 Å². The maximum Gasteiger partial charge on any atom is 0.322 e. The number of anilines is 1. The number of carbonyl (C=O) groups is 1. The van der Waals surface area contributed by atoms with Crippen molar-refractivity contribution in [2.45, 2.75) is 19.4 Å². The van der Waals surface area contributed by atoms with Gasteiger partial charge in [-0.1, -0.05) is 70.0 Å². The van der Waals surface area contributed by atoms with Crippen LogP contribution in [-0.4, -0.2) is 22.5 Å². The van der Waals surface area contributed by atoms with Gasteiger partial charge in [-0.25, -0.2) is 4.79 Å². The van der Waals surface area contributed by atoms with E-state index in [-0.39, 0.29) is 12.1 Å². The normalized spacial score (nSPS) is 15.8. The summed E-state index contributed by atoms with van der Waals surface area (Å²) in [4.78, 5) is 18.9. The highest BCUT2D eigenvalue weighted by Gasteiger charge is 2.34. The summed E-state index contributed by atoms with van der Waals surface area (Å²) in [5.74, 6) is 0. The van der Waals surface area contributed by atoms with Gasteiger partial charge in [-0.2, -0.15) is 0 Å². The fraction of sp³-hybridized carbons (Fsp3) is 0.160. The first-order chi connectivity index (χ1) is 14.6. The van der Waals surface area contributed by atoms with Crippen molar-refractivity contribution in [1.82, 2.24) is 9.88 Å². The SMILES string of the molecule is Cc1ccc(C2c3[nH]c4ccccc4c3CCN2C(=O)Nc2cccc(Br)c2)cc1. The van der Waals surface area contributed by atoms with Gasteiger partial charge in [0.2, 0.25) is 0 Å². The summed E-state index contributed by atoms with van der Waals surface area (Å²) in [6.07, 6.45) is 0.827. The Morgan fingerprint density at radius 3 is 2.67 bits per heavy atom. The molecule has 4 nitrogen and oxygen atoms in total. The van der Waals surface area contributed by atoms with Gasteiger partial charge in [0.1, 0.15) is 0 Å². The standard InChI is InChI=1S/C25H22BrN3O/c1-16-9-11-17(12-10-16)24-23-21(20-7-2-3-8-22(20)28-23)13-14-29(24)25(30)27-19-6-4-5-18(26)15-19/h2-12,15,24,28H,13-14H2,1H3,(H,27,30). The Hall–Kier alpha value is -3.05. The minimum atomic E-state index is -0.158. The van der Waals surface area contributed by atoms with Gasteiger partial charge in [0.05, 0.1) is 6.04 Å². The van der Waals surface area contributed by atoms with Gasteiger partial charge in [0.15, 0.2) is 0 Å². The first-order valence-corrected chi connectivity index (χ1v) is 10.9. The molecule has 0 aliphatic carbocycles. The lowest BCUT2D eigenvalue weighted by atomic mass is 9.92. The van der Waals surface area contributed by atoms with E-state index in [4.69, 9.17) is 0 Å². The number of aromatic nitrogens is 1. The molecule has 0 fully saturated rings. The highest BCUT2D eigenvalue weighted by Crippen LogP contribution is 2.38. The van der Waals surface area contributed by atoms with Gasteiger partial charge >= 0.3 is 6.03 Å². The molecule has 1 aliphatic rings. The Balaban J connectivity index is 1.57. The number of benzene rings is 3. The Morgan fingerprint density at radius 2 is 1.87 bits per heavy atom. The predicted octanol–water partition coefficient (Wildman–Crippen LogP) is 6.42. The number of halogens is 1. The highest BCUT2D eigenvalue weighted by atomic mass is 79.9. The lowest BCUT2D eigenvalue weighted by Crippen LogP contribution is -2.43. The number of para-hydroxylation sites is 1. The molecule has 0 bridgehead atoms. The zero-order valence-corrected chi connectivity index (χ0v) is 18.2. The van der Waals surface area contributed by atoms with Crippen molar-refractivity contribution in [2.75, 3.05) is 11.9 Å². The number of aryl methyl sites for hydroxylation is 1. The zero-order valence-electron chi connectivity index (χ0n) is 16.7. The summed E-state index contributed by atoms with van der Waals surface area (Å²) in [6, 6.07) is 24.3. The van der Waals surface area contributed by atoms with Crippen LogP contribution in [0.2, 0.25) is 0 Å². The Bertz CT molecular complexity index is 1230. The Kier molecular flexibility index (Phi) is 4.83. The molecule has 1 atom stereocenters. The van der Waals surface area contributed by atoms with Crippen molar-refractivity contribution in [1.29, 1.82) is 0 Å². The molecule has 0 radical (unpaired) electrons. The molecule has 30 heavy (non-hydrogen) atoms. The van der Waals surface area contributed by atoms with E-state index >= 15 is 0 Å². The zero-order chi connectivity index (χ0) is 20.7. The van der Waals surface area contributed by atoms with Crippen LogP contribution in [0.5, 0.6) is 0 Å². The molecule has 5 rings (SSSR count). The smallest absolute Gasteiger partial charge is 0.322 e. The fourth-order valence-electron chi connectivity index (χ4n) is 4.32. The Morgan fingerprint density at radius 1 is 1.07 bits per heavy atom. The molecule has 1 unspecified atom stereocenters. The molecule has 150 valence electrons. The van der Waals surface area contributed by atoms with Gasteiger partial charge in [-0.15, -0.1) is 0 Å². The lowest BCUT2D eigenvalue weighted by molar-refractivity contribution is 0.193. The number of fused-ring (bicyclic) bond motifs is 3. The minimum absolute atomic E-state index is 0.0945. The number of nitrogens with zero attached hydrogens (tertiary/aromatic N) is 1. The average Bonchev–Trinajstić information content (AvgIpc) is 3.12. The van der Waals surface area contributed by atoms with E-state index in [0.29, 0.717) is 6.54 Å². The van der Waals surface area contributed by atoms with E-state index in [1.165, 1.54) is 16.5 Å². The first kappa shape index (κ1) is 18.9. The molecule has 4 aromatic rings. The maximum atomic E-state index is 13.3. The summed E-state index contributed by atoms with van der Waals surface area (Å²) in [6.45, 7) is 2.74. The fourth-order valence-corrected chi connectivity index (χ4v) is 4.72. The number of aromatic amines is 1. The molecule has 1 aliphatic heterocycles. The number of H-pyrrole nitrogens is 1. The average molecular weight is 460 g/mol. The summed E-state index contributed by atoms with van der Waals surface area (Å²) in [5.41, 5.74) is 6.63. The third kappa shape index (κ3) is 3.39. The molecular formula is C25H22BrN3O. The second-order valence-electron chi connectivity index (χ2n) is 7.76. The van der Waals surface area contributed by atoms with Crippen molar-refractivity contribution in [3.05, 3.63) is 99.7 Å². The molecule has 3 aromatic carbocycles. The largest absolute Gasteiger partial charge is 0.356 e. The van der Waals surface area contributed by atoms with Crippen LogP contribution in [0.15, 0.2) is 77.3 Å². The summed E-state index contributed by atoms with van der Waals surface area (Å²) in [5, 5.41) is 4.32. The van der Waals surface area contributed by atoms with E-state index in [1.807, 2.05) is 35.2 Å². The van der Waals surface area contributed by atoms with Crippen LogP contribution in [0.1, 0.15) is 28.4 Å². The maximum absolute atomic E-state index is 13.3. The molecule has 5 heteroatoms.